The van der Waals surface area contributed by atoms with Crippen molar-refractivity contribution in [2.45, 2.75) is 19.1 Å². The van der Waals surface area contributed by atoms with E-state index in [-0.39, 0.29) is 0 Å². The van der Waals surface area contributed by atoms with Crippen molar-refractivity contribution in [3.63, 3.8) is 0 Å². The molecule has 0 bridgehead atoms. The number of ether oxygens (including phenoxy) is 1. The van der Waals surface area contributed by atoms with E-state index in [4.69, 9.17) is 10.5 Å². The number of aromatic amines is 1. The lowest BCUT2D eigenvalue weighted by molar-refractivity contribution is -0.0334. The van der Waals surface area contributed by atoms with Crippen molar-refractivity contribution in [3.05, 3.63) is 36.0 Å². The van der Waals surface area contributed by atoms with Crippen molar-refractivity contribution >= 4 is 10.9 Å². The number of nitrogens with two attached hydrogens (primary N) is 1. The van der Waals surface area contributed by atoms with Crippen molar-refractivity contribution in [1.82, 2.24) is 9.88 Å². The van der Waals surface area contributed by atoms with Gasteiger partial charge in [-0.15, -0.1) is 0 Å². The fourth-order valence-electron chi connectivity index (χ4n) is 2.81. The Morgan fingerprint density at radius 2 is 2.32 bits per heavy atom. The lowest BCUT2D eigenvalue weighted by Gasteiger charge is -2.33. The van der Waals surface area contributed by atoms with Crippen LogP contribution in [0.1, 0.15) is 12.0 Å². The summed E-state index contributed by atoms with van der Waals surface area (Å²) in [6.07, 6.45) is 3.25. The lowest BCUT2D eigenvalue weighted by atomic mass is 10.1. The Hall–Kier alpha value is -1.36. The van der Waals surface area contributed by atoms with Gasteiger partial charge in [-0.3, -0.25) is 4.90 Å². The monoisotopic (exact) mass is 259 g/mol. The van der Waals surface area contributed by atoms with E-state index < -0.39 is 0 Å². The van der Waals surface area contributed by atoms with E-state index in [0.717, 1.165) is 32.7 Å². The first-order valence-corrected chi connectivity index (χ1v) is 6.96. The van der Waals surface area contributed by atoms with Crippen molar-refractivity contribution in [3.8, 4) is 0 Å². The standard InChI is InChI=1S/C15H21N3O/c16-6-4-13-11-18(8-9-19-13)10-12-2-1-3-15-14(12)5-7-17-15/h1-3,5,7,13,17H,4,6,8-11,16H2/t13-/m1/s1. The Bertz CT molecular complexity index is 535. The molecule has 3 N–H and O–H groups in total. The van der Waals surface area contributed by atoms with Gasteiger partial charge in [-0.1, -0.05) is 12.1 Å². The summed E-state index contributed by atoms with van der Waals surface area (Å²) in [4.78, 5) is 5.73. The van der Waals surface area contributed by atoms with Gasteiger partial charge in [0.2, 0.25) is 0 Å². The van der Waals surface area contributed by atoms with E-state index in [1.807, 2.05) is 6.20 Å². The molecule has 0 radical (unpaired) electrons. The number of hydrogen-bond acceptors (Lipinski definition) is 3. The van der Waals surface area contributed by atoms with Gasteiger partial charge in [0, 0.05) is 36.7 Å². The number of nitrogens with one attached hydrogen (secondary N) is 1. The maximum Gasteiger partial charge on any atom is 0.0714 e. The van der Waals surface area contributed by atoms with Gasteiger partial charge in [0.15, 0.2) is 0 Å². The maximum atomic E-state index is 5.73. The number of hydrogen-bond donors (Lipinski definition) is 2. The summed E-state index contributed by atoms with van der Waals surface area (Å²) < 4.78 is 5.73. The second-order valence-corrected chi connectivity index (χ2v) is 5.16. The van der Waals surface area contributed by atoms with Crippen LogP contribution in [-0.4, -0.2) is 42.2 Å². The molecule has 0 saturated carbocycles. The number of fused-ring (bicyclic) bond motifs is 1. The number of nitrogens with zero attached hydrogens (tertiary/aromatic N) is 1. The molecule has 0 unspecified atom stereocenters. The number of aromatic nitrogens is 1. The van der Waals surface area contributed by atoms with Crippen LogP contribution in [0.5, 0.6) is 0 Å². The summed E-state index contributed by atoms with van der Waals surface area (Å²) in [6, 6.07) is 8.60. The van der Waals surface area contributed by atoms with Gasteiger partial charge in [-0.05, 0) is 30.7 Å². The summed E-state index contributed by atoms with van der Waals surface area (Å²) in [5.41, 5.74) is 8.21. The molecule has 1 saturated heterocycles. The fourth-order valence-corrected chi connectivity index (χ4v) is 2.81. The van der Waals surface area contributed by atoms with Crippen molar-refractivity contribution in [2.75, 3.05) is 26.2 Å². The highest BCUT2D eigenvalue weighted by molar-refractivity contribution is 5.82. The molecule has 0 aliphatic carbocycles. The van der Waals surface area contributed by atoms with Crippen molar-refractivity contribution < 1.29 is 4.74 Å². The van der Waals surface area contributed by atoms with Crippen LogP contribution in [0.25, 0.3) is 10.9 Å². The first-order chi connectivity index (χ1) is 9.36. The zero-order chi connectivity index (χ0) is 13.1. The van der Waals surface area contributed by atoms with Crippen LogP contribution in [0, 0.1) is 0 Å². The molecule has 1 aromatic heterocycles. The Kier molecular flexibility index (Phi) is 3.82. The van der Waals surface area contributed by atoms with Crippen LogP contribution < -0.4 is 5.73 Å². The third kappa shape index (κ3) is 2.81. The molecular formula is C15H21N3O. The van der Waals surface area contributed by atoms with Gasteiger partial charge >= 0.3 is 0 Å². The van der Waals surface area contributed by atoms with Gasteiger partial charge < -0.3 is 15.5 Å². The van der Waals surface area contributed by atoms with Crippen molar-refractivity contribution in [2.24, 2.45) is 5.73 Å². The molecule has 1 atom stereocenters. The molecule has 0 spiro atoms. The molecule has 3 rings (SSSR count). The number of benzene rings is 1. The second kappa shape index (κ2) is 5.74. The molecule has 0 amide bonds. The Balaban J connectivity index is 1.72. The summed E-state index contributed by atoms with van der Waals surface area (Å²) >= 11 is 0. The number of morpholine rings is 1. The molecule has 2 aromatic rings. The minimum Gasteiger partial charge on any atom is -0.376 e. The zero-order valence-corrected chi connectivity index (χ0v) is 11.1. The largest absolute Gasteiger partial charge is 0.376 e. The number of rotatable bonds is 4. The van der Waals surface area contributed by atoms with Gasteiger partial charge in [0.05, 0.1) is 12.7 Å². The minimum atomic E-state index is 0.296. The lowest BCUT2D eigenvalue weighted by Crippen LogP contribution is -2.42. The van der Waals surface area contributed by atoms with E-state index in [1.54, 1.807) is 0 Å². The highest BCUT2D eigenvalue weighted by atomic mass is 16.5. The third-order valence-corrected chi connectivity index (χ3v) is 3.79. The van der Waals surface area contributed by atoms with Gasteiger partial charge in [0.25, 0.3) is 0 Å². The Morgan fingerprint density at radius 1 is 1.37 bits per heavy atom. The molecule has 19 heavy (non-hydrogen) atoms. The molecule has 1 aliphatic heterocycles. The SMILES string of the molecule is NCC[C@@H]1CN(Cc2cccc3[nH]ccc23)CCO1. The average molecular weight is 259 g/mol. The maximum absolute atomic E-state index is 5.73. The van der Waals surface area contributed by atoms with E-state index in [1.165, 1.54) is 16.5 Å². The van der Waals surface area contributed by atoms with Crippen LogP contribution in [0.4, 0.5) is 0 Å². The Morgan fingerprint density at radius 3 is 3.21 bits per heavy atom. The van der Waals surface area contributed by atoms with Crippen LogP contribution in [0.15, 0.2) is 30.5 Å². The molecule has 1 aliphatic rings. The highest BCUT2D eigenvalue weighted by Crippen LogP contribution is 2.20. The second-order valence-electron chi connectivity index (χ2n) is 5.16. The molecular weight excluding hydrogens is 238 g/mol. The molecule has 1 aromatic carbocycles. The molecule has 4 nitrogen and oxygen atoms in total. The summed E-state index contributed by atoms with van der Waals surface area (Å²) in [5.74, 6) is 0. The van der Waals surface area contributed by atoms with E-state index >= 15 is 0 Å². The summed E-state index contributed by atoms with van der Waals surface area (Å²) in [6.45, 7) is 4.49. The van der Waals surface area contributed by atoms with Gasteiger partial charge in [-0.25, -0.2) is 0 Å². The van der Waals surface area contributed by atoms with Crippen LogP contribution in [0.3, 0.4) is 0 Å². The highest BCUT2D eigenvalue weighted by Gasteiger charge is 2.20. The van der Waals surface area contributed by atoms with Crippen molar-refractivity contribution in [1.29, 1.82) is 0 Å². The fraction of sp³-hybridized carbons (Fsp3) is 0.467. The van der Waals surface area contributed by atoms with Crippen LogP contribution in [0.2, 0.25) is 0 Å². The first-order valence-electron chi connectivity index (χ1n) is 6.96. The molecule has 4 heteroatoms. The molecule has 102 valence electrons. The van der Waals surface area contributed by atoms with Crippen LogP contribution in [-0.2, 0) is 11.3 Å². The summed E-state index contributed by atoms with van der Waals surface area (Å²) in [7, 11) is 0. The molecule has 1 fully saturated rings. The molecule has 2 heterocycles. The topological polar surface area (TPSA) is 54.3 Å². The smallest absolute Gasteiger partial charge is 0.0714 e. The number of H-pyrrole nitrogens is 1. The van der Waals surface area contributed by atoms with Gasteiger partial charge in [0.1, 0.15) is 0 Å². The predicted molar refractivity (Wildman–Crippen MR) is 77.0 cm³/mol. The average Bonchev–Trinajstić information content (AvgIpc) is 2.89. The van der Waals surface area contributed by atoms with E-state index in [0.29, 0.717) is 12.6 Å². The van der Waals surface area contributed by atoms with Crippen LogP contribution >= 0.6 is 0 Å². The minimum absolute atomic E-state index is 0.296. The Labute approximate surface area is 113 Å². The quantitative estimate of drug-likeness (QED) is 0.879. The normalized spacial score (nSPS) is 21.0. The van der Waals surface area contributed by atoms with E-state index in [9.17, 15) is 0 Å². The van der Waals surface area contributed by atoms with Gasteiger partial charge in [-0.2, -0.15) is 0 Å². The first kappa shape index (κ1) is 12.7. The summed E-state index contributed by atoms with van der Waals surface area (Å²) in [5, 5.41) is 1.32. The zero-order valence-electron chi connectivity index (χ0n) is 11.1. The predicted octanol–water partition coefficient (Wildman–Crippen LogP) is 1.72. The third-order valence-electron chi connectivity index (χ3n) is 3.79. The van der Waals surface area contributed by atoms with E-state index in [2.05, 4.69) is 34.1 Å².